The van der Waals surface area contributed by atoms with Gasteiger partial charge in [-0.05, 0) is 17.4 Å². The summed E-state index contributed by atoms with van der Waals surface area (Å²) in [6.07, 6.45) is 0. The fourth-order valence-electron chi connectivity index (χ4n) is 2.44. The molecule has 1 aromatic rings. The summed E-state index contributed by atoms with van der Waals surface area (Å²) in [5, 5.41) is 14.2. The molecule has 0 aliphatic carbocycles. The average Bonchev–Trinajstić information content (AvgIpc) is 2.67. The molecule has 0 heterocycles. The number of nitrogens with one attached hydrogen (secondary N) is 2. The second kappa shape index (κ2) is 11.4. The number of carbonyl (C=O) groups is 3. The first kappa shape index (κ1) is 23.6. The van der Waals surface area contributed by atoms with Gasteiger partial charge in [0.05, 0.1) is 6.61 Å². The van der Waals surface area contributed by atoms with Crippen LogP contribution < -0.4 is 16.4 Å². The molecule has 1 aromatic carbocycles. The first-order valence-electron chi connectivity index (χ1n) is 9.35. The fourth-order valence-corrected chi connectivity index (χ4v) is 2.44. The number of esters is 1. The van der Waals surface area contributed by atoms with E-state index < -0.39 is 42.5 Å². The summed E-state index contributed by atoms with van der Waals surface area (Å²) in [6.45, 7) is 6.67. The summed E-state index contributed by atoms with van der Waals surface area (Å²) in [5.74, 6) is -2.15. The predicted octanol–water partition coefficient (Wildman–Crippen LogP) is 0.331. The van der Waals surface area contributed by atoms with E-state index in [4.69, 9.17) is 15.6 Å². The number of ether oxygens (including phenoxy) is 1. The summed E-state index contributed by atoms with van der Waals surface area (Å²) in [4.78, 5) is 37.1. The molecule has 3 atom stereocenters. The van der Waals surface area contributed by atoms with E-state index in [1.807, 2.05) is 30.3 Å². The van der Waals surface area contributed by atoms with Gasteiger partial charge in [-0.15, -0.1) is 0 Å². The SMILES string of the molecule is CC(C)[C@H](NC(=O)[C@@H](N)CO)C(=O)N[C@H](C(=O)OCc1ccccc1)C(C)C. The normalized spacial score (nSPS) is 14.3. The third-order valence-corrected chi connectivity index (χ3v) is 4.22. The van der Waals surface area contributed by atoms with Crippen molar-refractivity contribution in [3.05, 3.63) is 35.9 Å². The molecule has 0 saturated carbocycles. The number of aliphatic hydroxyl groups excluding tert-OH is 1. The average molecular weight is 393 g/mol. The van der Waals surface area contributed by atoms with Crippen LogP contribution in [0.2, 0.25) is 0 Å². The summed E-state index contributed by atoms with van der Waals surface area (Å²) in [7, 11) is 0. The molecular formula is C20H31N3O5. The largest absolute Gasteiger partial charge is 0.459 e. The molecule has 0 aliphatic rings. The van der Waals surface area contributed by atoms with Crippen LogP contribution in [-0.2, 0) is 25.7 Å². The number of amides is 2. The van der Waals surface area contributed by atoms with Crippen molar-refractivity contribution in [2.45, 2.75) is 52.4 Å². The minimum Gasteiger partial charge on any atom is -0.459 e. The zero-order valence-electron chi connectivity index (χ0n) is 16.8. The fraction of sp³-hybridized carbons (Fsp3) is 0.550. The van der Waals surface area contributed by atoms with E-state index in [2.05, 4.69) is 10.6 Å². The summed E-state index contributed by atoms with van der Waals surface area (Å²) in [6, 6.07) is 6.36. The molecule has 0 saturated heterocycles. The third-order valence-electron chi connectivity index (χ3n) is 4.22. The van der Waals surface area contributed by atoms with Crippen molar-refractivity contribution in [3.8, 4) is 0 Å². The van der Waals surface area contributed by atoms with Gasteiger partial charge in [0, 0.05) is 0 Å². The first-order chi connectivity index (χ1) is 13.2. The Balaban J connectivity index is 2.77. The quantitative estimate of drug-likeness (QED) is 0.424. The Bertz CT molecular complexity index is 649. The van der Waals surface area contributed by atoms with Crippen LogP contribution in [-0.4, -0.2) is 47.6 Å². The van der Waals surface area contributed by atoms with Gasteiger partial charge in [0.15, 0.2) is 0 Å². The van der Waals surface area contributed by atoms with E-state index in [-0.39, 0.29) is 18.4 Å². The highest BCUT2D eigenvalue weighted by Crippen LogP contribution is 2.10. The molecule has 5 N–H and O–H groups in total. The van der Waals surface area contributed by atoms with Gasteiger partial charge in [0.1, 0.15) is 24.7 Å². The molecule has 8 heteroatoms. The Morgan fingerprint density at radius 1 is 0.964 bits per heavy atom. The van der Waals surface area contributed by atoms with Crippen molar-refractivity contribution in [1.82, 2.24) is 10.6 Å². The van der Waals surface area contributed by atoms with Gasteiger partial charge in [-0.1, -0.05) is 58.0 Å². The van der Waals surface area contributed by atoms with E-state index in [0.717, 1.165) is 5.56 Å². The summed E-state index contributed by atoms with van der Waals surface area (Å²) >= 11 is 0. The van der Waals surface area contributed by atoms with Crippen LogP contribution in [0.25, 0.3) is 0 Å². The number of aliphatic hydroxyl groups is 1. The Hall–Kier alpha value is -2.45. The molecular weight excluding hydrogens is 362 g/mol. The highest BCUT2D eigenvalue weighted by molar-refractivity contribution is 5.92. The van der Waals surface area contributed by atoms with Crippen molar-refractivity contribution < 1.29 is 24.2 Å². The van der Waals surface area contributed by atoms with Crippen molar-refractivity contribution in [2.75, 3.05) is 6.61 Å². The lowest BCUT2D eigenvalue weighted by Gasteiger charge is -2.27. The molecule has 2 amide bonds. The smallest absolute Gasteiger partial charge is 0.329 e. The van der Waals surface area contributed by atoms with E-state index >= 15 is 0 Å². The van der Waals surface area contributed by atoms with Crippen LogP contribution >= 0.6 is 0 Å². The maximum Gasteiger partial charge on any atom is 0.329 e. The van der Waals surface area contributed by atoms with Gasteiger partial charge in [0.2, 0.25) is 11.8 Å². The van der Waals surface area contributed by atoms with Gasteiger partial charge in [-0.3, -0.25) is 9.59 Å². The van der Waals surface area contributed by atoms with E-state index in [1.165, 1.54) is 0 Å². The molecule has 1 rings (SSSR count). The van der Waals surface area contributed by atoms with Crippen LogP contribution in [0, 0.1) is 11.8 Å². The molecule has 28 heavy (non-hydrogen) atoms. The van der Waals surface area contributed by atoms with Gasteiger partial charge >= 0.3 is 5.97 Å². The second-order valence-corrected chi connectivity index (χ2v) is 7.34. The Labute approximate surface area is 165 Å². The maximum absolute atomic E-state index is 12.7. The van der Waals surface area contributed by atoms with Crippen molar-refractivity contribution >= 4 is 17.8 Å². The predicted molar refractivity (Wildman–Crippen MR) is 105 cm³/mol. The molecule has 0 radical (unpaired) electrons. The number of hydrogen-bond acceptors (Lipinski definition) is 6. The monoisotopic (exact) mass is 393 g/mol. The zero-order valence-corrected chi connectivity index (χ0v) is 16.8. The van der Waals surface area contributed by atoms with E-state index in [9.17, 15) is 14.4 Å². The van der Waals surface area contributed by atoms with Gasteiger partial charge in [-0.2, -0.15) is 0 Å². The lowest BCUT2D eigenvalue weighted by molar-refractivity contribution is -0.150. The second-order valence-electron chi connectivity index (χ2n) is 7.34. The van der Waals surface area contributed by atoms with Crippen molar-refractivity contribution in [1.29, 1.82) is 0 Å². The van der Waals surface area contributed by atoms with E-state index in [0.29, 0.717) is 0 Å². The van der Waals surface area contributed by atoms with Crippen molar-refractivity contribution in [3.63, 3.8) is 0 Å². The van der Waals surface area contributed by atoms with Gasteiger partial charge in [0.25, 0.3) is 0 Å². The highest BCUT2D eigenvalue weighted by Gasteiger charge is 2.32. The molecule has 0 aromatic heterocycles. The number of benzene rings is 1. The van der Waals surface area contributed by atoms with Crippen molar-refractivity contribution in [2.24, 2.45) is 17.6 Å². The minimum atomic E-state index is -1.12. The number of carbonyl (C=O) groups excluding carboxylic acids is 3. The van der Waals surface area contributed by atoms with Crippen LogP contribution in [0.4, 0.5) is 0 Å². The Kier molecular flexibility index (Phi) is 9.61. The summed E-state index contributed by atoms with van der Waals surface area (Å²) in [5.41, 5.74) is 6.33. The number of hydrogen-bond donors (Lipinski definition) is 4. The van der Waals surface area contributed by atoms with Crippen LogP contribution in [0.15, 0.2) is 30.3 Å². The molecule has 8 nitrogen and oxygen atoms in total. The Morgan fingerprint density at radius 3 is 2.00 bits per heavy atom. The van der Waals surface area contributed by atoms with Crippen LogP contribution in [0.3, 0.4) is 0 Å². The molecule has 0 unspecified atom stereocenters. The highest BCUT2D eigenvalue weighted by atomic mass is 16.5. The van der Waals surface area contributed by atoms with Gasteiger partial charge < -0.3 is 26.2 Å². The molecule has 0 spiro atoms. The maximum atomic E-state index is 12.7. The standard InChI is InChI=1S/C20H31N3O5/c1-12(2)16(22-18(25)15(21)10-24)19(26)23-17(13(3)4)20(27)28-11-14-8-6-5-7-9-14/h5-9,12-13,15-17,24H,10-11,21H2,1-4H3,(H,22,25)(H,23,26)/t15-,16-,17-/m0/s1. The lowest BCUT2D eigenvalue weighted by Crippen LogP contribution is -2.57. The summed E-state index contributed by atoms with van der Waals surface area (Å²) < 4.78 is 5.34. The molecule has 0 bridgehead atoms. The zero-order chi connectivity index (χ0) is 21.3. The third kappa shape index (κ3) is 7.28. The minimum absolute atomic E-state index is 0.106. The van der Waals surface area contributed by atoms with Gasteiger partial charge in [-0.25, -0.2) is 4.79 Å². The molecule has 156 valence electrons. The number of nitrogens with two attached hydrogens (primary N) is 1. The van der Waals surface area contributed by atoms with Crippen LogP contribution in [0.1, 0.15) is 33.3 Å². The first-order valence-corrected chi connectivity index (χ1v) is 9.35. The topological polar surface area (TPSA) is 131 Å². The Morgan fingerprint density at radius 2 is 1.50 bits per heavy atom. The lowest BCUT2D eigenvalue weighted by atomic mass is 10.00. The molecule has 0 aliphatic heterocycles. The van der Waals surface area contributed by atoms with Crippen LogP contribution in [0.5, 0.6) is 0 Å². The molecule has 0 fully saturated rings. The van der Waals surface area contributed by atoms with E-state index in [1.54, 1.807) is 27.7 Å². The number of rotatable bonds is 10.